The lowest BCUT2D eigenvalue weighted by Crippen LogP contribution is -2.62. The van der Waals surface area contributed by atoms with E-state index in [-0.39, 0.29) is 6.61 Å². The first kappa shape index (κ1) is 21.2. The maximum Gasteiger partial charge on any atom is 0.412 e. The van der Waals surface area contributed by atoms with Crippen LogP contribution in [0.25, 0.3) is 0 Å². The Morgan fingerprint density at radius 1 is 1.16 bits per heavy atom. The van der Waals surface area contributed by atoms with E-state index in [1.54, 1.807) is 24.5 Å². The van der Waals surface area contributed by atoms with Gasteiger partial charge in [-0.15, -0.1) is 11.8 Å². The lowest BCUT2D eigenvalue weighted by molar-refractivity contribution is -0.152. The predicted octanol–water partition coefficient (Wildman–Crippen LogP) is 2.96. The zero-order chi connectivity index (χ0) is 21.8. The molecule has 1 aliphatic carbocycles. The van der Waals surface area contributed by atoms with E-state index in [0.29, 0.717) is 18.6 Å². The molecular weight excluding hydrogens is 418 g/mol. The molecule has 8 nitrogen and oxygen atoms in total. The fourth-order valence-corrected chi connectivity index (χ4v) is 5.17. The second kappa shape index (κ2) is 8.97. The van der Waals surface area contributed by atoms with Crippen LogP contribution < -0.4 is 5.32 Å². The average molecular weight is 442 g/mol. The molecule has 2 aliphatic rings. The van der Waals surface area contributed by atoms with Crippen molar-refractivity contribution in [2.45, 2.75) is 42.8 Å². The number of nitrogens with zero attached hydrogens (tertiary/aromatic N) is 2. The lowest BCUT2D eigenvalue weighted by Gasteiger charge is -2.39. The highest BCUT2D eigenvalue weighted by Crippen LogP contribution is 2.42. The highest BCUT2D eigenvalue weighted by atomic mass is 32.2. The van der Waals surface area contributed by atoms with Crippen LogP contribution >= 0.6 is 11.8 Å². The normalized spacial score (nSPS) is 21.7. The third-order valence-corrected chi connectivity index (χ3v) is 7.01. The number of amides is 2. The maximum absolute atomic E-state index is 13.1. The molecule has 4 rings (SSSR count). The van der Waals surface area contributed by atoms with E-state index < -0.39 is 34.9 Å². The van der Waals surface area contributed by atoms with Gasteiger partial charge in [0.2, 0.25) is 5.91 Å². The van der Waals surface area contributed by atoms with E-state index in [2.05, 4.69) is 10.3 Å². The van der Waals surface area contributed by atoms with Gasteiger partial charge in [0.15, 0.2) is 0 Å². The first-order valence-electron chi connectivity index (χ1n) is 10.1. The highest BCUT2D eigenvalue weighted by molar-refractivity contribution is 7.99. The molecule has 162 valence electrons. The number of thioether (sulfide) groups is 1. The van der Waals surface area contributed by atoms with Crippen LogP contribution in [0.4, 0.5) is 4.79 Å². The summed E-state index contributed by atoms with van der Waals surface area (Å²) in [6, 6.07) is 12.0. The number of benzene rings is 1. The Bertz CT molecular complexity index is 952. The Labute approximate surface area is 184 Å². The van der Waals surface area contributed by atoms with Gasteiger partial charge < -0.3 is 15.2 Å². The molecule has 1 aromatic heterocycles. The van der Waals surface area contributed by atoms with Crippen molar-refractivity contribution in [2.24, 2.45) is 0 Å². The van der Waals surface area contributed by atoms with E-state index in [9.17, 15) is 19.5 Å². The van der Waals surface area contributed by atoms with E-state index in [1.807, 2.05) is 30.3 Å². The number of pyridine rings is 1. The molecule has 2 heterocycles. The van der Waals surface area contributed by atoms with Gasteiger partial charge in [-0.1, -0.05) is 30.3 Å². The quantitative estimate of drug-likeness (QED) is 0.709. The van der Waals surface area contributed by atoms with Crippen molar-refractivity contribution in [1.29, 1.82) is 0 Å². The van der Waals surface area contributed by atoms with Crippen LogP contribution in [0.2, 0.25) is 0 Å². The minimum absolute atomic E-state index is 0.0807. The first-order valence-corrected chi connectivity index (χ1v) is 11.1. The zero-order valence-corrected chi connectivity index (χ0v) is 17.6. The van der Waals surface area contributed by atoms with Crippen LogP contribution in [0.15, 0.2) is 54.9 Å². The molecule has 9 heteroatoms. The molecule has 1 aromatic carbocycles. The largest absolute Gasteiger partial charge is 0.480 e. The summed E-state index contributed by atoms with van der Waals surface area (Å²) in [7, 11) is 0. The predicted molar refractivity (Wildman–Crippen MR) is 114 cm³/mol. The van der Waals surface area contributed by atoms with Crippen molar-refractivity contribution in [3.63, 3.8) is 0 Å². The van der Waals surface area contributed by atoms with Gasteiger partial charge in [-0.3, -0.25) is 14.7 Å². The van der Waals surface area contributed by atoms with Gasteiger partial charge in [-0.2, -0.15) is 0 Å². The number of carboxylic acid groups (broad SMARTS) is 1. The van der Waals surface area contributed by atoms with Crippen molar-refractivity contribution in [3.8, 4) is 0 Å². The van der Waals surface area contributed by atoms with Gasteiger partial charge in [0.05, 0.1) is 0 Å². The van der Waals surface area contributed by atoms with Crippen LogP contribution in [0, 0.1) is 0 Å². The summed E-state index contributed by atoms with van der Waals surface area (Å²) in [6.07, 6.45) is 4.16. The molecule has 2 N–H and O–H groups in total. The smallest absolute Gasteiger partial charge is 0.412 e. The highest BCUT2D eigenvalue weighted by Gasteiger charge is 2.50. The molecular formula is C22H23N3O5S. The Kier molecular flexibility index (Phi) is 6.13. The Morgan fingerprint density at radius 3 is 2.48 bits per heavy atom. The third kappa shape index (κ3) is 4.36. The number of nitrogens with one attached hydrogen (secondary N) is 1. The summed E-state index contributed by atoms with van der Waals surface area (Å²) < 4.78 is 5.52. The number of carboxylic acids is 1. The Balaban J connectivity index is 1.54. The lowest BCUT2D eigenvalue weighted by atomic mass is 9.76. The number of aromatic nitrogens is 1. The molecule has 0 spiro atoms. The van der Waals surface area contributed by atoms with Crippen LogP contribution in [-0.4, -0.2) is 50.3 Å². The van der Waals surface area contributed by atoms with Gasteiger partial charge >= 0.3 is 12.1 Å². The molecule has 2 fully saturated rings. The summed E-state index contributed by atoms with van der Waals surface area (Å²) in [4.78, 5) is 43.3. The summed E-state index contributed by atoms with van der Waals surface area (Å²) >= 11 is 1.44. The summed E-state index contributed by atoms with van der Waals surface area (Å²) in [5.41, 5.74) is 0.419. The topological polar surface area (TPSA) is 109 Å². The minimum Gasteiger partial charge on any atom is -0.480 e. The van der Waals surface area contributed by atoms with Crippen LogP contribution in [0.5, 0.6) is 0 Å². The molecule has 2 amide bonds. The van der Waals surface area contributed by atoms with Crippen molar-refractivity contribution in [2.75, 3.05) is 5.75 Å². The molecule has 2 atom stereocenters. The third-order valence-electron chi connectivity index (χ3n) is 5.69. The standard InChI is InChI=1S/C22H23N3O5S/c26-18(24-22(20(27)28)9-4-10-22)17-14-31-19(16-7-11-23-12-8-16)25(17)21(29)30-13-15-5-2-1-3-6-15/h1-3,5-8,11-12,17,19H,4,9-10,13-14H2,(H,24,26)(H,27,28). The SMILES string of the molecule is O=C(NC1(C(=O)O)CCC1)C1CSC(c2ccncc2)N1C(=O)OCc1ccccc1. The van der Waals surface area contributed by atoms with Gasteiger partial charge in [0.1, 0.15) is 23.6 Å². The van der Waals surface area contributed by atoms with E-state index >= 15 is 0 Å². The van der Waals surface area contributed by atoms with Crippen LogP contribution in [-0.2, 0) is 20.9 Å². The number of aliphatic carboxylic acids is 1. The Morgan fingerprint density at radius 2 is 1.87 bits per heavy atom. The molecule has 2 unspecified atom stereocenters. The monoisotopic (exact) mass is 441 g/mol. The molecule has 1 saturated carbocycles. The molecule has 0 bridgehead atoms. The minimum atomic E-state index is -1.24. The zero-order valence-electron chi connectivity index (χ0n) is 16.8. The van der Waals surface area contributed by atoms with Gasteiger partial charge in [-0.05, 0) is 42.5 Å². The molecule has 2 aromatic rings. The summed E-state index contributed by atoms with van der Waals surface area (Å²) in [5.74, 6) is -1.17. The second-order valence-electron chi connectivity index (χ2n) is 7.66. The summed E-state index contributed by atoms with van der Waals surface area (Å²) in [5, 5.41) is 11.8. The van der Waals surface area contributed by atoms with Crippen LogP contribution in [0.3, 0.4) is 0 Å². The number of carbonyl (C=O) groups excluding carboxylic acids is 2. The van der Waals surface area contributed by atoms with Crippen LogP contribution in [0.1, 0.15) is 35.8 Å². The van der Waals surface area contributed by atoms with E-state index in [1.165, 1.54) is 16.7 Å². The van der Waals surface area contributed by atoms with Gasteiger partial charge in [0, 0.05) is 18.1 Å². The van der Waals surface area contributed by atoms with Crippen molar-refractivity contribution < 1.29 is 24.2 Å². The summed E-state index contributed by atoms with van der Waals surface area (Å²) in [6.45, 7) is 0.0807. The molecule has 31 heavy (non-hydrogen) atoms. The number of hydrogen-bond acceptors (Lipinski definition) is 6. The number of rotatable bonds is 6. The van der Waals surface area contributed by atoms with E-state index in [0.717, 1.165) is 17.5 Å². The number of carbonyl (C=O) groups is 3. The molecule has 1 saturated heterocycles. The number of ether oxygens (including phenoxy) is 1. The average Bonchev–Trinajstić information content (AvgIpc) is 3.21. The molecule has 1 aliphatic heterocycles. The van der Waals surface area contributed by atoms with Crippen molar-refractivity contribution >= 4 is 29.7 Å². The van der Waals surface area contributed by atoms with Gasteiger partial charge in [-0.25, -0.2) is 9.59 Å². The first-order chi connectivity index (χ1) is 15.0. The number of hydrogen-bond donors (Lipinski definition) is 2. The van der Waals surface area contributed by atoms with Crippen molar-refractivity contribution in [1.82, 2.24) is 15.2 Å². The van der Waals surface area contributed by atoms with E-state index in [4.69, 9.17) is 4.74 Å². The second-order valence-corrected chi connectivity index (χ2v) is 8.77. The fourth-order valence-electron chi connectivity index (χ4n) is 3.75. The fraction of sp³-hybridized carbons (Fsp3) is 0.364. The molecule has 0 radical (unpaired) electrons. The van der Waals surface area contributed by atoms with Crippen molar-refractivity contribution in [3.05, 3.63) is 66.0 Å². The maximum atomic E-state index is 13.1. The Hall–Kier alpha value is -3.07. The van der Waals surface area contributed by atoms with Gasteiger partial charge in [0.25, 0.3) is 0 Å².